The summed E-state index contributed by atoms with van der Waals surface area (Å²) in [7, 11) is 0. The number of aromatic nitrogens is 2. The van der Waals surface area contributed by atoms with Gasteiger partial charge in [0, 0.05) is 31.4 Å². The number of hydrogen-bond donors (Lipinski definition) is 0. The third-order valence-corrected chi connectivity index (χ3v) is 13.1. The third kappa shape index (κ3) is 7.89. The van der Waals surface area contributed by atoms with Crippen LogP contribution in [0.4, 0.5) is 19.4 Å². The SMILES string of the molecule is CC(C)(C)OC(=O)N1[C@@H]2CC[C@H]1CN(c1nc(OC[C@@]34CCCN3C[C@H](F)C4)nc3c(F)c(-c4cc(OCc5ccccc5)cc5ccccc45)c(Oc4ccccc4C#N)cc13)C2. The van der Waals surface area contributed by atoms with E-state index in [1.54, 1.807) is 30.3 Å². The minimum absolute atomic E-state index is 0.00749. The summed E-state index contributed by atoms with van der Waals surface area (Å²) < 4.78 is 58.6. The Morgan fingerprint density at radius 1 is 0.891 bits per heavy atom. The summed E-state index contributed by atoms with van der Waals surface area (Å²) in [6.07, 6.45) is 2.28. The van der Waals surface area contributed by atoms with Crippen LogP contribution in [0.5, 0.6) is 23.3 Å². The Morgan fingerprint density at radius 3 is 2.42 bits per heavy atom. The van der Waals surface area contributed by atoms with Gasteiger partial charge in [-0.1, -0.05) is 66.7 Å². The molecule has 0 N–H and O–H groups in total. The second-order valence-electron chi connectivity index (χ2n) is 18.5. The van der Waals surface area contributed by atoms with Crippen LogP contribution in [0, 0.1) is 17.1 Å². The molecular weight excluding hydrogens is 815 g/mol. The smallest absolute Gasteiger partial charge is 0.410 e. The molecule has 64 heavy (non-hydrogen) atoms. The highest BCUT2D eigenvalue weighted by atomic mass is 19.1. The molecule has 328 valence electrons. The van der Waals surface area contributed by atoms with Crippen LogP contribution in [-0.4, -0.2) is 88.0 Å². The fourth-order valence-electron chi connectivity index (χ4n) is 10.2. The first-order valence-electron chi connectivity index (χ1n) is 22.1. The number of nitriles is 1. The first-order chi connectivity index (χ1) is 30.9. The number of rotatable bonds is 10. The van der Waals surface area contributed by atoms with Crippen molar-refractivity contribution in [2.45, 2.75) is 88.9 Å². The molecule has 1 aromatic heterocycles. The highest BCUT2D eigenvalue weighted by Gasteiger charge is 2.50. The lowest BCUT2D eigenvalue weighted by molar-refractivity contribution is 0.0122. The van der Waals surface area contributed by atoms with Crippen LogP contribution < -0.4 is 19.1 Å². The molecule has 6 aromatic rings. The fraction of sp³-hybridized carbons (Fsp3) is 0.373. The van der Waals surface area contributed by atoms with E-state index >= 15 is 4.39 Å². The van der Waals surface area contributed by atoms with E-state index in [2.05, 4.69) is 15.9 Å². The molecule has 4 aliphatic heterocycles. The van der Waals surface area contributed by atoms with Crippen LogP contribution in [0.3, 0.4) is 0 Å². The van der Waals surface area contributed by atoms with Crippen molar-refractivity contribution in [3.05, 3.63) is 114 Å². The maximum absolute atomic E-state index is 18.4. The molecule has 13 heteroatoms. The Labute approximate surface area is 371 Å². The van der Waals surface area contributed by atoms with E-state index < -0.39 is 23.1 Å². The van der Waals surface area contributed by atoms with Gasteiger partial charge in [-0.15, -0.1) is 0 Å². The summed E-state index contributed by atoms with van der Waals surface area (Å²) in [4.78, 5) is 29.5. The first-order valence-corrected chi connectivity index (χ1v) is 22.1. The Bertz CT molecular complexity index is 2780. The molecule has 0 saturated carbocycles. The predicted octanol–water partition coefficient (Wildman–Crippen LogP) is 10.4. The summed E-state index contributed by atoms with van der Waals surface area (Å²) in [5, 5.41) is 12.1. The summed E-state index contributed by atoms with van der Waals surface area (Å²) in [6, 6.07) is 31.7. The fourth-order valence-corrected chi connectivity index (χ4v) is 10.2. The molecule has 0 aliphatic carbocycles. The quantitative estimate of drug-likeness (QED) is 0.132. The Morgan fingerprint density at radius 2 is 1.64 bits per heavy atom. The number of amides is 1. The van der Waals surface area contributed by atoms with E-state index in [0.717, 1.165) is 48.6 Å². The summed E-state index contributed by atoms with van der Waals surface area (Å²) in [5.74, 6) is 0.661. The zero-order valence-electron chi connectivity index (χ0n) is 36.2. The Hall–Kier alpha value is -6.52. The maximum atomic E-state index is 18.4. The van der Waals surface area contributed by atoms with Crippen LogP contribution in [0.2, 0.25) is 0 Å². The van der Waals surface area contributed by atoms with E-state index in [4.69, 9.17) is 28.9 Å². The molecule has 5 aromatic carbocycles. The number of piperazine rings is 1. The van der Waals surface area contributed by atoms with Crippen LogP contribution >= 0.6 is 0 Å². The normalized spacial score (nSPS) is 21.8. The molecule has 11 nitrogen and oxygen atoms in total. The van der Waals surface area contributed by atoms with Crippen molar-refractivity contribution in [1.82, 2.24) is 19.8 Å². The largest absolute Gasteiger partial charge is 0.489 e. The van der Waals surface area contributed by atoms with Gasteiger partial charge in [0.25, 0.3) is 0 Å². The number of nitrogens with zero attached hydrogens (tertiary/aromatic N) is 6. The minimum Gasteiger partial charge on any atom is -0.489 e. The molecule has 2 bridgehead atoms. The molecule has 0 unspecified atom stereocenters. The molecule has 4 saturated heterocycles. The molecular formula is C51H50F2N6O5. The van der Waals surface area contributed by atoms with Gasteiger partial charge in [0.2, 0.25) is 0 Å². The number of carbonyl (C=O) groups is 1. The number of benzene rings is 5. The molecule has 1 amide bonds. The number of halogens is 2. The van der Waals surface area contributed by atoms with Crippen LogP contribution in [0.25, 0.3) is 32.8 Å². The summed E-state index contributed by atoms with van der Waals surface area (Å²) >= 11 is 0. The zero-order valence-corrected chi connectivity index (χ0v) is 36.2. The van der Waals surface area contributed by atoms with Crippen molar-refractivity contribution in [1.29, 1.82) is 5.26 Å². The topological polar surface area (TPSA) is 113 Å². The average Bonchev–Trinajstić information content (AvgIpc) is 3.91. The molecule has 4 fully saturated rings. The lowest BCUT2D eigenvalue weighted by atomic mass is 9.95. The van der Waals surface area contributed by atoms with Gasteiger partial charge in [-0.2, -0.15) is 15.2 Å². The standard InChI is InChI=1S/C51H50F2N6O5/c1-50(2,3)64-49(60)59-36-18-19-37(59)29-57(28-36)47-41-24-43(63-42-17-10-8-15-34(42)26-54)44(40-23-38(22-33-14-7-9-16-39(33)40)61-30-32-12-5-4-6-13-32)45(53)46(41)55-48(56-47)62-31-51-20-11-21-58(51)27-35(52)25-51/h4-10,12-17,22-24,35-37H,11,18-21,25,27-31H2,1-3H3/t35-,36-,37+,51+/m1/s1. The lowest BCUT2D eigenvalue weighted by Gasteiger charge is -2.42. The van der Waals surface area contributed by atoms with Crippen molar-refractivity contribution >= 4 is 33.6 Å². The average molecular weight is 865 g/mol. The zero-order chi connectivity index (χ0) is 44.2. The number of carbonyl (C=O) groups excluding carboxylic acids is 1. The second-order valence-corrected chi connectivity index (χ2v) is 18.5. The number of alkyl halides is 1. The van der Waals surface area contributed by atoms with Gasteiger partial charge >= 0.3 is 12.1 Å². The van der Waals surface area contributed by atoms with Gasteiger partial charge < -0.3 is 23.8 Å². The van der Waals surface area contributed by atoms with Gasteiger partial charge in [0.1, 0.15) is 59.6 Å². The van der Waals surface area contributed by atoms with Crippen molar-refractivity contribution in [3.8, 4) is 40.5 Å². The van der Waals surface area contributed by atoms with Gasteiger partial charge in [-0.3, -0.25) is 9.80 Å². The van der Waals surface area contributed by atoms with E-state index in [1.165, 1.54) is 0 Å². The van der Waals surface area contributed by atoms with Crippen LogP contribution in [0.15, 0.2) is 97.1 Å². The number of hydrogen-bond acceptors (Lipinski definition) is 10. The molecule has 4 aliphatic rings. The Balaban J connectivity index is 1.14. The second kappa shape index (κ2) is 16.6. The van der Waals surface area contributed by atoms with Crippen LogP contribution in [0.1, 0.15) is 64.0 Å². The number of fused-ring (bicyclic) bond motifs is 5. The van der Waals surface area contributed by atoms with E-state index in [0.29, 0.717) is 55.2 Å². The van der Waals surface area contributed by atoms with E-state index in [-0.39, 0.29) is 58.9 Å². The highest BCUT2D eigenvalue weighted by molar-refractivity contribution is 6.03. The molecule has 5 heterocycles. The summed E-state index contributed by atoms with van der Waals surface area (Å²) in [6.45, 7) is 7.98. The molecule has 10 rings (SSSR count). The molecule has 0 radical (unpaired) electrons. The number of para-hydroxylation sites is 1. The lowest BCUT2D eigenvalue weighted by Crippen LogP contribution is -2.57. The monoisotopic (exact) mass is 864 g/mol. The van der Waals surface area contributed by atoms with Gasteiger partial charge in [-0.25, -0.2) is 13.6 Å². The minimum atomic E-state index is -0.958. The number of ether oxygens (including phenoxy) is 4. The van der Waals surface area contributed by atoms with Gasteiger partial charge in [0.05, 0.1) is 28.7 Å². The van der Waals surface area contributed by atoms with Gasteiger partial charge in [-0.05, 0) is 105 Å². The maximum Gasteiger partial charge on any atom is 0.410 e. The third-order valence-electron chi connectivity index (χ3n) is 13.1. The van der Waals surface area contributed by atoms with Crippen molar-refractivity contribution in [2.75, 3.05) is 37.7 Å². The summed E-state index contributed by atoms with van der Waals surface area (Å²) in [5.41, 5.74) is 0.714. The predicted molar refractivity (Wildman–Crippen MR) is 240 cm³/mol. The van der Waals surface area contributed by atoms with E-state index in [9.17, 15) is 14.4 Å². The van der Waals surface area contributed by atoms with Crippen molar-refractivity contribution in [2.24, 2.45) is 0 Å². The van der Waals surface area contributed by atoms with Crippen molar-refractivity contribution < 1.29 is 32.5 Å². The molecule has 0 spiro atoms. The first kappa shape index (κ1) is 41.5. The Kier molecular flexibility index (Phi) is 10.7. The van der Waals surface area contributed by atoms with Crippen molar-refractivity contribution in [3.63, 3.8) is 0 Å². The van der Waals surface area contributed by atoms with E-state index in [1.807, 2.05) is 92.4 Å². The van der Waals surface area contributed by atoms with Gasteiger partial charge in [0.15, 0.2) is 5.82 Å². The van der Waals surface area contributed by atoms with Crippen LogP contribution in [-0.2, 0) is 11.3 Å². The highest BCUT2D eigenvalue weighted by Crippen LogP contribution is 2.47. The number of anilines is 1. The molecule has 4 atom stereocenters.